The monoisotopic (exact) mass is 265 g/mol. The van der Waals surface area contributed by atoms with Crippen molar-refractivity contribution in [2.24, 2.45) is 0 Å². The Morgan fingerprint density at radius 3 is 2.84 bits per heavy atom. The summed E-state index contributed by atoms with van der Waals surface area (Å²) in [5, 5.41) is 10.0. The van der Waals surface area contributed by atoms with Gasteiger partial charge in [-0.05, 0) is 26.0 Å². The summed E-state index contributed by atoms with van der Waals surface area (Å²) >= 11 is 0. The number of hydrogen-bond donors (Lipinski definition) is 1. The van der Waals surface area contributed by atoms with E-state index in [1.165, 1.54) is 5.56 Å². The lowest BCUT2D eigenvalue weighted by atomic mass is 10.2. The summed E-state index contributed by atoms with van der Waals surface area (Å²) in [7, 11) is 0. The van der Waals surface area contributed by atoms with Crippen LogP contribution in [0.2, 0.25) is 0 Å². The Balaban J connectivity index is 1.74. The summed E-state index contributed by atoms with van der Waals surface area (Å²) in [6, 6.07) is 8.24. The van der Waals surface area contributed by atoms with Crippen LogP contribution in [0.15, 0.2) is 24.3 Å². The Kier molecular flexibility index (Phi) is 5.19. The number of ether oxygens (including phenoxy) is 2. The van der Waals surface area contributed by atoms with Crippen LogP contribution < -0.4 is 4.74 Å². The van der Waals surface area contributed by atoms with Crippen LogP contribution in [0.3, 0.4) is 0 Å². The zero-order chi connectivity index (χ0) is 13.7. The molecule has 2 atom stereocenters. The quantitative estimate of drug-likeness (QED) is 0.875. The van der Waals surface area contributed by atoms with E-state index in [2.05, 4.69) is 11.8 Å². The van der Waals surface area contributed by atoms with Crippen LogP contribution in [0.25, 0.3) is 0 Å². The lowest BCUT2D eigenvalue weighted by Gasteiger charge is -2.34. The van der Waals surface area contributed by atoms with Crippen LogP contribution in [0.5, 0.6) is 5.75 Å². The summed E-state index contributed by atoms with van der Waals surface area (Å²) in [6.07, 6.45) is -0.471. The van der Waals surface area contributed by atoms with E-state index in [1.54, 1.807) is 0 Å². The molecule has 1 aliphatic rings. The number of aryl methyl sites for hydroxylation is 1. The van der Waals surface area contributed by atoms with Gasteiger partial charge in [0.05, 0.1) is 13.2 Å². The molecule has 1 aliphatic heterocycles. The van der Waals surface area contributed by atoms with Gasteiger partial charge in [0.25, 0.3) is 0 Å². The molecule has 0 amide bonds. The molecule has 0 spiro atoms. The molecule has 0 bridgehead atoms. The highest BCUT2D eigenvalue weighted by Gasteiger charge is 2.21. The Labute approximate surface area is 114 Å². The molecule has 1 heterocycles. The summed E-state index contributed by atoms with van der Waals surface area (Å²) in [6.45, 7) is 7.48. The van der Waals surface area contributed by atoms with Crippen LogP contribution in [0.4, 0.5) is 0 Å². The number of aliphatic hydroxyl groups excluding tert-OH is 1. The Morgan fingerprint density at radius 1 is 1.42 bits per heavy atom. The van der Waals surface area contributed by atoms with Gasteiger partial charge in [-0.3, -0.25) is 4.90 Å². The van der Waals surface area contributed by atoms with Crippen molar-refractivity contribution in [3.63, 3.8) is 0 Å². The summed E-state index contributed by atoms with van der Waals surface area (Å²) in [5.41, 5.74) is 1.20. The Hall–Kier alpha value is -1.10. The highest BCUT2D eigenvalue weighted by atomic mass is 16.5. The van der Waals surface area contributed by atoms with E-state index in [9.17, 15) is 5.11 Å². The zero-order valence-corrected chi connectivity index (χ0v) is 11.7. The first kappa shape index (κ1) is 14.3. The Morgan fingerprint density at radius 2 is 2.16 bits per heavy atom. The van der Waals surface area contributed by atoms with E-state index in [0.29, 0.717) is 19.2 Å². The molecule has 4 nitrogen and oxygen atoms in total. The maximum atomic E-state index is 10.0. The van der Waals surface area contributed by atoms with Gasteiger partial charge >= 0.3 is 0 Å². The fourth-order valence-corrected chi connectivity index (χ4v) is 2.18. The lowest BCUT2D eigenvalue weighted by molar-refractivity contribution is -0.0265. The normalized spacial score (nSPS) is 22.2. The van der Waals surface area contributed by atoms with Crippen molar-refractivity contribution in [2.75, 3.05) is 32.9 Å². The third-order valence-corrected chi connectivity index (χ3v) is 3.41. The number of nitrogens with zero attached hydrogens (tertiary/aromatic N) is 1. The van der Waals surface area contributed by atoms with Crippen LogP contribution in [-0.2, 0) is 4.74 Å². The summed E-state index contributed by atoms with van der Waals surface area (Å²) in [5.74, 6) is 0.805. The maximum Gasteiger partial charge on any atom is 0.119 e. The number of rotatable bonds is 5. The first-order valence-electron chi connectivity index (χ1n) is 6.84. The standard InChI is InChI=1S/C15H23NO3/c1-12-3-5-15(6-4-12)19-11-14(17)9-16-7-8-18-10-13(16)2/h3-6,13-14,17H,7-11H2,1-2H3/t13-,14+/m0/s1. The molecule has 4 heteroatoms. The second-order valence-corrected chi connectivity index (χ2v) is 5.20. The first-order chi connectivity index (χ1) is 9.15. The summed E-state index contributed by atoms with van der Waals surface area (Å²) in [4.78, 5) is 2.24. The van der Waals surface area contributed by atoms with E-state index in [0.717, 1.165) is 25.5 Å². The second-order valence-electron chi connectivity index (χ2n) is 5.20. The van der Waals surface area contributed by atoms with Crippen molar-refractivity contribution in [2.45, 2.75) is 26.0 Å². The van der Waals surface area contributed by atoms with E-state index in [1.807, 2.05) is 31.2 Å². The summed E-state index contributed by atoms with van der Waals surface area (Å²) < 4.78 is 11.0. The molecule has 0 aromatic heterocycles. The highest BCUT2D eigenvalue weighted by molar-refractivity contribution is 5.26. The molecule has 2 rings (SSSR count). The predicted octanol–water partition coefficient (Wildman–Crippen LogP) is 1.46. The van der Waals surface area contributed by atoms with E-state index in [-0.39, 0.29) is 0 Å². The van der Waals surface area contributed by atoms with Crippen LogP contribution in [0.1, 0.15) is 12.5 Å². The number of hydrogen-bond acceptors (Lipinski definition) is 4. The molecule has 1 fully saturated rings. The van der Waals surface area contributed by atoms with Crippen molar-refractivity contribution in [3.05, 3.63) is 29.8 Å². The van der Waals surface area contributed by atoms with Gasteiger partial charge in [0.15, 0.2) is 0 Å². The van der Waals surface area contributed by atoms with Crippen molar-refractivity contribution in [1.82, 2.24) is 4.90 Å². The maximum absolute atomic E-state index is 10.0. The molecule has 106 valence electrons. The molecule has 1 N–H and O–H groups in total. The average Bonchev–Trinajstić information content (AvgIpc) is 2.41. The zero-order valence-electron chi connectivity index (χ0n) is 11.7. The molecule has 1 saturated heterocycles. The number of morpholine rings is 1. The van der Waals surface area contributed by atoms with Gasteiger partial charge in [0.2, 0.25) is 0 Å². The molecule has 19 heavy (non-hydrogen) atoms. The van der Waals surface area contributed by atoms with Gasteiger partial charge in [-0.15, -0.1) is 0 Å². The minimum atomic E-state index is -0.471. The van der Waals surface area contributed by atoms with Gasteiger partial charge < -0.3 is 14.6 Å². The van der Waals surface area contributed by atoms with Crippen molar-refractivity contribution >= 4 is 0 Å². The third kappa shape index (κ3) is 4.49. The van der Waals surface area contributed by atoms with Gasteiger partial charge in [0.1, 0.15) is 18.5 Å². The molecular weight excluding hydrogens is 242 g/mol. The minimum Gasteiger partial charge on any atom is -0.491 e. The van der Waals surface area contributed by atoms with Gasteiger partial charge in [0, 0.05) is 19.1 Å². The molecule has 0 unspecified atom stereocenters. The highest BCUT2D eigenvalue weighted by Crippen LogP contribution is 2.12. The minimum absolute atomic E-state index is 0.327. The number of aliphatic hydroxyl groups is 1. The van der Waals surface area contributed by atoms with Gasteiger partial charge in [-0.25, -0.2) is 0 Å². The largest absolute Gasteiger partial charge is 0.491 e. The molecule has 1 aromatic carbocycles. The third-order valence-electron chi connectivity index (χ3n) is 3.41. The van der Waals surface area contributed by atoms with Crippen LogP contribution >= 0.6 is 0 Å². The van der Waals surface area contributed by atoms with Crippen molar-refractivity contribution < 1.29 is 14.6 Å². The van der Waals surface area contributed by atoms with Gasteiger partial charge in [-0.1, -0.05) is 17.7 Å². The SMILES string of the molecule is Cc1ccc(OC[C@H](O)CN2CCOC[C@@H]2C)cc1. The first-order valence-corrected chi connectivity index (χ1v) is 6.84. The lowest BCUT2D eigenvalue weighted by Crippen LogP contribution is -2.47. The fraction of sp³-hybridized carbons (Fsp3) is 0.600. The second kappa shape index (κ2) is 6.89. The number of benzene rings is 1. The molecular formula is C15H23NO3. The predicted molar refractivity (Wildman–Crippen MR) is 74.5 cm³/mol. The van der Waals surface area contributed by atoms with Crippen molar-refractivity contribution in [1.29, 1.82) is 0 Å². The van der Waals surface area contributed by atoms with Gasteiger partial charge in [-0.2, -0.15) is 0 Å². The smallest absolute Gasteiger partial charge is 0.119 e. The van der Waals surface area contributed by atoms with E-state index >= 15 is 0 Å². The molecule has 1 aromatic rings. The topological polar surface area (TPSA) is 41.9 Å². The molecule has 0 aliphatic carbocycles. The number of β-amino-alcohol motifs (C(OH)–C–C–N with tert-alkyl or cyclic N) is 1. The Bertz CT molecular complexity index is 379. The average molecular weight is 265 g/mol. The van der Waals surface area contributed by atoms with Crippen LogP contribution in [-0.4, -0.2) is 55.1 Å². The molecule has 0 saturated carbocycles. The fourth-order valence-electron chi connectivity index (χ4n) is 2.18. The van der Waals surface area contributed by atoms with E-state index in [4.69, 9.17) is 9.47 Å². The van der Waals surface area contributed by atoms with Crippen molar-refractivity contribution in [3.8, 4) is 5.75 Å². The van der Waals surface area contributed by atoms with Crippen LogP contribution in [0, 0.1) is 6.92 Å². The molecule has 0 radical (unpaired) electrons. The van der Waals surface area contributed by atoms with E-state index < -0.39 is 6.10 Å².